The van der Waals surface area contributed by atoms with Crippen LogP contribution in [0.25, 0.3) is 0 Å². The van der Waals surface area contributed by atoms with E-state index in [-0.39, 0.29) is 5.91 Å². The summed E-state index contributed by atoms with van der Waals surface area (Å²) in [6, 6.07) is -0.422. The van der Waals surface area contributed by atoms with Gasteiger partial charge >= 0.3 is 0 Å². The summed E-state index contributed by atoms with van der Waals surface area (Å²) < 4.78 is 11.2. The lowest BCUT2D eigenvalue weighted by Gasteiger charge is -2.34. The highest BCUT2D eigenvalue weighted by atomic mass is 79.9. The Labute approximate surface area is 125 Å². The third kappa shape index (κ3) is 3.18. The number of methoxy groups -OCH3 is 1. The molecular formula is C12H17BrN4O3. The molecule has 1 saturated heterocycles. The summed E-state index contributed by atoms with van der Waals surface area (Å²) in [5.74, 6) is 0.818. The number of carbonyl (C=O) groups is 1. The first-order valence-electron chi connectivity index (χ1n) is 6.36. The van der Waals surface area contributed by atoms with Crippen molar-refractivity contribution in [3.8, 4) is 5.88 Å². The number of ether oxygens (including phenoxy) is 2. The van der Waals surface area contributed by atoms with Crippen LogP contribution >= 0.6 is 15.9 Å². The number of nitrogens with one attached hydrogen (secondary N) is 1. The molecule has 2 heterocycles. The Morgan fingerprint density at radius 3 is 3.20 bits per heavy atom. The maximum Gasteiger partial charge on any atom is 0.245 e. The molecule has 0 spiro atoms. The maximum atomic E-state index is 12.1. The normalized spacial score (nSPS) is 18.8. The average molecular weight is 345 g/mol. The van der Waals surface area contributed by atoms with E-state index in [2.05, 4.69) is 31.2 Å². The van der Waals surface area contributed by atoms with Crippen LogP contribution < -0.4 is 15.0 Å². The maximum absolute atomic E-state index is 12.1. The number of rotatable bonds is 4. The van der Waals surface area contributed by atoms with Crippen LogP contribution in [0.2, 0.25) is 0 Å². The van der Waals surface area contributed by atoms with Crippen LogP contribution in [0.4, 0.5) is 5.95 Å². The van der Waals surface area contributed by atoms with Gasteiger partial charge in [-0.2, -0.15) is 4.98 Å². The van der Waals surface area contributed by atoms with Gasteiger partial charge in [0.15, 0.2) is 0 Å². The minimum Gasteiger partial charge on any atom is -0.480 e. The van der Waals surface area contributed by atoms with Crippen LogP contribution in [0, 0.1) is 0 Å². The molecule has 2 rings (SSSR count). The summed E-state index contributed by atoms with van der Waals surface area (Å²) >= 11 is 3.31. The molecule has 0 aliphatic carbocycles. The van der Waals surface area contributed by atoms with Crippen molar-refractivity contribution >= 4 is 27.8 Å². The van der Waals surface area contributed by atoms with Gasteiger partial charge in [-0.05, 0) is 22.9 Å². The van der Waals surface area contributed by atoms with Crippen molar-refractivity contribution in [1.29, 1.82) is 0 Å². The number of halogens is 1. The van der Waals surface area contributed by atoms with Crippen molar-refractivity contribution in [2.24, 2.45) is 0 Å². The monoisotopic (exact) mass is 344 g/mol. The topological polar surface area (TPSA) is 76.6 Å². The number of hydrogen-bond donors (Lipinski definition) is 1. The molecule has 1 fully saturated rings. The van der Waals surface area contributed by atoms with E-state index in [1.54, 1.807) is 6.20 Å². The number of likely N-dealkylation sites (N-methyl/N-ethyl adjacent to an activating group) is 1. The molecule has 1 aliphatic rings. The number of nitrogens with zero attached hydrogens (tertiary/aromatic N) is 3. The fraction of sp³-hybridized carbons (Fsp3) is 0.583. The lowest BCUT2D eigenvalue weighted by Crippen LogP contribution is -2.54. The molecule has 0 bridgehead atoms. The molecule has 1 N–H and O–H groups in total. The van der Waals surface area contributed by atoms with Crippen LogP contribution in [0.1, 0.15) is 6.92 Å². The lowest BCUT2D eigenvalue weighted by molar-refractivity contribution is -0.124. The van der Waals surface area contributed by atoms with Gasteiger partial charge < -0.3 is 19.7 Å². The van der Waals surface area contributed by atoms with E-state index in [1.165, 1.54) is 7.11 Å². The highest BCUT2D eigenvalue weighted by Crippen LogP contribution is 2.25. The van der Waals surface area contributed by atoms with Crippen LogP contribution in [0.3, 0.4) is 0 Å². The highest BCUT2D eigenvalue weighted by molar-refractivity contribution is 9.10. The summed E-state index contributed by atoms with van der Waals surface area (Å²) in [7, 11) is 1.54. The zero-order chi connectivity index (χ0) is 14.5. The fourth-order valence-corrected chi connectivity index (χ4v) is 2.33. The van der Waals surface area contributed by atoms with Crippen molar-refractivity contribution < 1.29 is 14.3 Å². The molecule has 0 saturated carbocycles. The first-order chi connectivity index (χ1) is 9.67. The minimum atomic E-state index is -0.422. The van der Waals surface area contributed by atoms with Crippen molar-refractivity contribution in [3.05, 3.63) is 10.7 Å². The molecule has 7 nitrogen and oxygen atoms in total. The Morgan fingerprint density at radius 1 is 1.70 bits per heavy atom. The number of carbonyl (C=O) groups excluding carboxylic acids is 1. The summed E-state index contributed by atoms with van der Waals surface area (Å²) in [6.45, 7) is 3.89. The Kier molecular flexibility index (Phi) is 5.13. The van der Waals surface area contributed by atoms with E-state index in [0.717, 1.165) is 0 Å². The van der Waals surface area contributed by atoms with E-state index in [4.69, 9.17) is 9.47 Å². The number of anilines is 1. The zero-order valence-corrected chi connectivity index (χ0v) is 13.0. The van der Waals surface area contributed by atoms with E-state index >= 15 is 0 Å². The predicted molar refractivity (Wildman–Crippen MR) is 76.9 cm³/mol. The second-order valence-electron chi connectivity index (χ2n) is 4.21. The molecule has 110 valence electrons. The molecular weight excluding hydrogens is 328 g/mol. The molecule has 20 heavy (non-hydrogen) atoms. The molecule has 0 aromatic carbocycles. The van der Waals surface area contributed by atoms with Gasteiger partial charge in [0.25, 0.3) is 0 Å². The SMILES string of the molecule is CCNC(=O)C1COCCN1c1ncc(Br)c(OC)n1. The molecule has 1 amide bonds. The number of morpholine rings is 1. The molecule has 1 aromatic heterocycles. The van der Waals surface area contributed by atoms with E-state index in [1.807, 2.05) is 11.8 Å². The number of amides is 1. The third-order valence-electron chi connectivity index (χ3n) is 2.93. The van der Waals surface area contributed by atoms with Gasteiger partial charge in [0, 0.05) is 13.1 Å². The highest BCUT2D eigenvalue weighted by Gasteiger charge is 2.31. The minimum absolute atomic E-state index is 0.0855. The van der Waals surface area contributed by atoms with Crippen molar-refractivity contribution in [2.75, 3.05) is 38.3 Å². The lowest BCUT2D eigenvalue weighted by atomic mass is 10.2. The first-order valence-corrected chi connectivity index (χ1v) is 7.15. The first kappa shape index (κ1) is 15.0. The second kappa shape index (κ2) is 6.85. The summed E-state index contributed by atoms with van der Waals surface area (Å²) in [4.78, 5) is 22.5. The van der Waals surface area contributed by atoms with E-state index < -0.39 is 6.04 Å². The van der Waals surface area contributed by atoms with E-state index in [0.29, 0.717) is 42.6 Å². The Bertz CT molecular complexity index is 486. The molecule has 8 heteroatoms. The van der Waals surface area contributed by atoms with E-state index in [9.17, 15) is 4.79 Å². The van der Waals surface area contributed by atoms with Gasteiger partial charge in [0.05, 0.1) is 31.0 Å². The largest absolute Gasteiger partial charge is 0.480 e. The third-order valence-corrected chi connectivity index (χ3v) is 3.48. The summed E-state index contributed by atoms with van der Waals surface area (Å²) in [6.07, 6.45) is 1.62. The molecule has 1 aromatic rings. The summed E-state index contributed by atoms with van der Waals surface area (Å²) in [5.41, 5.74) is 0. The molecule has 1 atom stereocenters. The van der Waals surface area contributed by atoms with Crippen molar-refractivity contribution in [3.63, 3.8) is 0 Å². The zero-order valence-electron chi connectivity index (χ0n) is 11.4. The van der Waals surface area contributed by atoms with Gasteiger partial charge in [-0.15, -0.1) is 0 Å². The Balaban J connectivity index is 2.25. The number of aromatic nitrogens is 2. The van der Waals surface area contributed by atoms with Crippen molar-refractivity contribution in [1.82, 2.24) is 15.3 Å². The van der Waals surface area contributed by atoms with Crippen LogP contribution in [-0.4, -0.2) is 55.3 Å². The Hall–Kier alpha value is -1.41. The smallest absolute Gasteiger partial charge is 0.245 e. The molecule has 1 unspecified atom stereocenters. The summed E-state index contributed by atoms with van der Waals surface area (Å²) in [5, 5.41) is 2.80. The van der Waals surface area contributed by atoms with Gasteiger partial charge in [-0.1, -0.05) is 0 Å². The predicted octanol–water partition coefficient (Wildman–Crippen LogP) is 0.589. The van der Waals surface area contributed by atoms with Gasteiger partial charge in [-0.3, -0.25) is 4.79 Å². The molecule has 0 radical (unpaired) electrons. The standard InChI is InChI=1S/C12H17BrN4O3/c1-3-14-10(18)9-7-20-5-4-17(9)12-15-6-8(13)11(16-12)19-2/h6,9H,3-5,7H2,1-2H3,(H,14,18). The van der Waals surface area contributed by atoms with Crippen LogP contribution in [0.5, 0.6) is 5.88 Å². The van der Waals surface area contributed by atoms with Crippen molar-refractivity contribution in [2.45, 2.75) is 13.0 Å². The van der Waals surface area contributed by atoms with Crippen LogP contribution in [-0.2, 0) is 9.53 Å². The van der Waals surface area contributed by atoms with Crippen LogP contribution in [0.15, 0.2) is 10.7 Å². The second-order valence-corrected chi connectivity index (χ2v) is 5.06. The molecule has 1 aliphatic heterocycles. The fourth-order valence-electron chi connectivity index (χ4n) is 1.98. The quantitative estimate of drug-likeness (QED) is 0.861. The average Bonchev–Trinajstić information content (AvgIpc) is 2.48. The van der Waals surface area contributed by atoms with Gasteiger partial charge in [0.1, 0.15) is 6.04 Å². The van der Waals surface area contributed by atoms with Gasteiger partial charge in [0.2, 0.25) is 17.7 Å². The van der Waals surface area contributed by atoms with Gasteiger partial charge in [-0.25, -0.2) is 4.98 Å². The number of hydrogen-bond acceptors (Lipinski definition) is 6. The Morgan fingerprint density at radius 2 is 2.50 bits per heavy atom.